The topological polar surface area (TPSA) is 0 Å². The fraction of sp³-hybridized carbons (Fsp3) is 0.900. The van der Waals surface area contributed by atoms with E-state index in [9.17, 15) is 0 Å². The van der Waals surface area contributed by atoms with E-state index in [1.807, 2.05) is 0 Å². The quantitative estimate of drug-likeness (QED) is 0.350. The Morgan fingerprint density at radius 3 is 2.33 bits per heavy atom. The fourth-order valence-electron chi connectivity index (χ4n) is 1.31. The Bertz CT molecular complexity index is 121. The number of rotatable bonds is 7. The van der Waals surface area contributed by atoms with Gasteiger partial charge in [0, 0.05) is 0 Å². The molecule has 1 atom stereocenters. The van der Waals surface area contributed by atoms with Crippen molar-refractivity contribution in [2.45, 2.75) is 52.4 Å². The van der Waals surface area contributed by atoms with Crippen LogP contribution in [0.3, 0.4) is 0 Å². The van der Waals surface area contributed by atoms with Crippen LogP contribution in [0.4, 0.5) is 0 Å². The molecule has 0 spiro atoms. The van der Waals surface area contributed by atoms with Crippen LogP contribution in [0.2, 0.25) is 0 Å². The average Bonchev–Trinajstić information content (AvgIpc) is 2.04. The molecule has 0 aromatic heterocycles. The van der Waals surface area contributed by atoms with E-state index in [0.717, 1.165) is 10.6 Å². The molecule has 0 radical (unpaired) electrons. The summed E-state index contributed by atoms with van der Waals surface area (Å²) in [6.07, 6.45) is 7.61. The molecule has 0 fully saturated rings. The van der Waals surface area contributed by atoms with Crippen molar-refractivity contribution in [2.24, 2.45) is 5.92 Å². The molecule has 0 saturated heterocycles. The Balaban J connectivity index is 3.38. The highest BCUT2D eigenvalue weighted by Crippen LogP contribution is 2.15. The molecule has 0 aromatic rings. The van der Waals surface area contributed by atoms with Gasteiger partial charge in [-0.05, 0) is 12.3 Å². The summed E-state index contributed by atoms with van der Waals surface area (Å²) >= 11 is 10.0. The molecule has 72 valence electrons. The number of unbranched alkanes of at least 4 members (excludes halogenated alkanes) is 3. The van der Waals surface area contributed by atoms with Gasteiger partial charge in [0.1, 0.15) is 0 Å². The van der Waals surface area contributed by atoms with Gasteiger partial charge in [0.15, 0.2) is 0 Å². The van der Waals surface area contributed by atoms with Crippen LogP contribution in [0, 0.1) is 5.92 Å². The zero-order valence-corrected chi connectivity index (χ0v) is 9.77. The van der Waals surface area contributed by atoms with Crippen LogP contribution in [-0.4, -0.2) is 4.20 Å². The molecule has 0 rings (SSSR count). The largest absolute Gasteiger partial charge is 0.433 e. The Kier molecular flexibility index (Phi) is 8.14. The molecule has 0 aliphatic rings. The molecule has 0 nitrogen and oxygen atoms in total. The van der Waals surface area contributed by atoms with Crippen molar-refractivity contribution in [3.05, 3.63) is 0 Å². The maximum absolute atomic E-state index is 5.01. The van der Waals surface area contributed by atoms with Gasteiger partial charge in [-0.2, -0.15) is 0 Å². The van der Waals surface area contributed by atoms with Gasteiger partial charge in [-0.25, -0.2) is 0 Å². The van der Waals surface area contributed by atoms with Gasteiger partial charge < -0.3 is 24.8 Å². The van der Waals surface area contributed by atoms with Crippen molar-refractivity contribution < 1.29 is 0 Å². The lowest BCUT2D eigenvalue weighted by Gasteiger charge is -2.18. The monoisotopic (exact) mass is 203 g/mol. The van der Waals surface area contributed by atoms with Crippen LogP contribution in [0.15, 0.2) is 0 Å². The minimum Gasteiger partial charge on any atom is -0.433 e. The highest BCUT2D eigenvalue weighted by Gasteiger charge is 2.02. The summed E-state index contributed by atoms with van der Waals surface area (Å²) in [5.41, 5.74) is 0. The van der Waals surface area contributed by atoms with E-state index < -0.39 is 0 Å². The first-order chi connectivity index (χ1) is 5.72. The molecule has 0 bridgehead atoms. The van der Waals surface area contributed by atoms with Gasteiger partial charge in [-0.3, -0.25) is 0 Å². The van der Waals surface area contributed by atoms with Crippen molar-refractivity contribution >= 4 is 29.0 Å². The number of hydrogen-bond donors (Lipinski definition) is 0. The predicted octanol–water partition coefficient (Wildman–Crippen LogP) is 3.86. The maximum atomic E-state index is 5.01. The third-order valence-electron chi connectivity index (χ3n) is 2.23. The molecule has 0 aromatic carbocycles. The van der Waals surface area contributed by atoms with Gasteiger partial charge >= 0.3 is 0 Å². The maximum Gasteiger partial charge on any atom is -0.0347 e. The molecule has 0 amide bonds. The van der Waals surface area contributed by atoms with Gasteiger partial charge in [-0.15, -0.1) is 4.20 Å². The second-order valence-corrected chi connectivity index (χ2v) is 4.41. The Morgan fingerprint density at radius 1 is 1.25 bits per heavy atom. The van der Waals surface area contributed by atoms with Crippen LogP contribution in [0.5, 0.6) is 0 Å². The summed E-state index contributed by atoms with van der Waals surface area (Å²) in [6.45, 7) is 4.40. The third-order valence-corrected chi connectivity index (χ3v) is 2.90. The third kappa shape index (κ3) is 5.90. The minimum atomic E-state index is 0.520. The van der Waals surface area contributed by atoms with Gasteiger partial charge in [0.2, 0.25) is 0 Å². The second-order valence-electron chi connectivity index (χ2n) is 3.27. The van der Waals surface area contributed by atoms with Crippen LogP contribution in [-0.2, 0) is 12.6 Å². The molecule has 0 saturated carbocycles. The predicted molar refractivity (Wildman–Crippen MR) is 62.5 cm³/mol. The fourth-order valence-corrected chi connectivity index (χ4v) is 1.88. The summed E-state index contributed by atoms with van der Waals surface area (Å²) in [5, 5.41) is 0. The molecule has 12 heavy (non-hydrogen) atoms. The SMILES string of the molecule is CCCCCCC(CC)C(=S)[S-]. The Labute approximate surface area is 87.5 Å². The summed E-state index contributed by atoms with van der Waals surface area (Å²) in [6, 6.07) is 0. The molecule has 0 aliphatic heterocycles. The van der Waals surface area contributed by atoms with E-state index >= 15 is 0 Å². The minimum absolute atomic E-state index is 0.520. The van der Waals surface area contributed by atoms with Gasteiger partial charge in [0.05, 0.1) is 0 Å². The summed E-state index contributed by atoms with van der Waals surface area (Å²) in [4.78, 5) is 0. The van der Waals surface area contributed by atoms with Crippen molar-refractivity contribution in [3.8, 4) is 0 Å². The van der Waals surface area contributed by atoms with E-state index in [4.69, 9.17) is 24.8 Å². The van der Waals surface area contributed by atoms with E-state index in [-0.39, 0.29) is 0 Å². The summed E-state index contributed by atoms with van der Waals surface area (Å²) in [5.74, 6) is 0.520. The van der Waals surface area contributed by atoms with E-state index in [1.165, 1.54) is 32.1 Å². The summed E-state index contributed by atoms with van der Waals surface area (Å²) < 4.78 is 0.786. The van der Waals surface area contributed by atoms with E-state index in [1.54, 1.807) is 0 Å². The standard InChI is InChI=1S/C10H20S2/c1-3-5-6-7-8-9(4-2)10(11)12/h9H,3-8H2,1-2H3,(H,11,12)/p-1. The lowest BCUT2D eigenvalue weighted by Crippen LogP contribution is -2.07. The van der Waals surface area contributed by atoms with Crippen LogP contribution < -0.4 is 0 Å². The summed E-state index contributed by atoms with van der Waals surface area (Å²) in [7, 11) is 0. The number of thiocarbonyl (C=S) groups is 1. The van der Waals surface area contributed by atoms with Gasteiger partial charge in [-0.1, -0.05) is 46.0 Å². The van der Waals surface area contributed by atoms with Crippen LogP contribution in [0.1, 0.15) is 52.4 Å². The van der Waals surface area contributed by atoms with Crippen molar-refractivity contribution in [1.29, 1.82) is 0 Å². The molecule has 0 heterocycles. The van der Waals surface area contributed by atoms with Crippen molar-refractivity contribution in [2.75, 3.05) is 0 Å². The molecular weight excluding hydrogens is 184 g/mol. The normalized spacial score (nSPS) is 12.8. The highest BCUT2D eigenvalue weighted by molar-refractivity contribution is 8.00. The van der Waals surface area contributed by atoms with Gasteiger partial charge in [0.25, 0.3) is 0 Å². The first-order valence-corrected chi connectivity index (χ1v) is 5.74. The zero-order chi connectivity index (χ0) is 9.40. The van der Waals surface area contributed by atoms with Crippen LogP contribution >= 0.6 is 12.2 Å². The molecule has 0 aliphatic carbocycles. The smallest absolute Gasteiger partial charge is 0.0347 e. The Morgan fingerprint density at radius 2 is 1.92 bits per heavy atom. The first kappa shape index (κ1) is 12.3. The van der Waals surface area contributed by atoms with Crippen molar-refractivity contribution in [1.82, 2.24) is 0 Å². The van der Waals surface area contributed by atoms with E-state index in [2.05, 4.69) is 13.8 Å². The average molecular weight is 203 g/mol. The number of hydrogen-bond acceptors (Lipinski definition) is 2. The molecule has 0 N–H and O–H groups in total. The lowest BCUT2D eigenvalue weighted by molar-refractivity contribution is 0.548. The first-order valence-electron chi connectivity index (χ1n) is 4.93. The van der Waals surface area contributed by atoms with Crippen LogP contribution in [0.25, 0.3) is 0 Å². The van der Waals surface area contributed by atoms with Crippen molar-refractivity contribution in [3.63, 3.8) is 0 Å². The molecule has 1 unspecified atom stereocenters. The Hall–Kier alpha value is 0.310. The molecular formula is C10H19S2-. The van der Waals surface area contributed by atoms with E-state index in [0.29, 0.717) is 5.92 Å². The lowest BCUT2D eigenvalue weighted by atomic mass is 10.0. The second kappa shape index (κ2) is 7.93. The molecule has 2 heteroatoms. The zero-order valence-electron chi connectivity index (χ0n) is 8.14. The highest BCUT2D eigenvalue weighted by atomic mass is 32.1.